The van der Waals surface area contributed by atoms with Crippen molar-refractivity contribution in [3.05, 3.63) is 45.5 Å². The van der Waals surface area contributed by atoms with Crippen molar-refractivity contribution in [1.82, 2.24) is 0 Å². The first kappa shape index (κ1) is 11.6. The molecule has 0 aromatic heterocycles. The van der Waals surface area contributed by atoms with Gasteiger partial charge in [0, 0.05) is 13.0 Å². The Morgan fingerprint density at radius 2 is 1.79 bits per heavy atom. The van der Waals surface area contributed by atoms with Crippen LogP contribution in [0.15, 0.2) is 24.3 Å². The number of aryl methyl sites for hydroxylation is 2. The van der Waals surface area contributed by atoms with E-state index in [2.05, 4.69) is 5.32 Å². The Hall–Kier alpha value is -2.43. The fraction of sp³-hybridized carbons (Fsp3) is 0.214. The summed E-state index contributed by atoms with van der Waals surface area (Å²) < 4.78 is 0. The molecule has 5 nitrogen and oxygen atoms in total. The van der Waals surface area contributed by atoms with E-state index in [1.807, 2.05) is 12.1 Å². The van der Waals surface area contributed by atoms with E-state index in [1.54, 1.807) is 6.07 Å². The summed E-state index contributed by atoms with van der Waals surface area (Å²) in [5, 5.41) is 15.4. The van der Waals surface area contributed by atoms with Gasteiger partial charge in [0.05, 0.1) is 16.0 Å². The summed E-state index contributed by atoms with van der Waals surface area (Å²) in [4.78, 5) is 22.0. The molecule has 2 aromatic carbocycles. The molecule has 0 saturated heterocycles. The smallest absolute Gasteiger partial charge is 0.279 e. The van der Waals surface area contributed by atoms with E-state index in [0.29, 0.717) is 11.1 Å². The Kier molecular flexibility index (Phi) is 2.48. The van der Waals surface area contributed by atoms with Gasteiger partial charge in [-0.05, 0) is 35.4 Å². The lowest BCUT2D eigenvalue weighted by Crippen LogP contribution is -2.07. The second-order valence-corrected chi connectivity index (χ2v) is 4.70. The summed E-state index contributed by atoms with van der Waals surface area (Å²) in [6, 6.07) is 7.03. The Morgan fingerprint density at radius 1 is 1.16 bits per heavy atom. The van der Waals surface area contributed by atoms with Crippen molar-refractivity contribution in [2.75, 3.05) is 5.32 Å². The SMILES string of the molecule is CC(=O)Nc1ccc2c3c(ccc([N+](=O)[O-])c13)CC2. The van der Waals surface area contributed by atoms with Crippen LogP contribution in [0.1, 0.15) is 18.1 Å². The third-order valence-corrected chi connectivity index (χ3v) is 3.48. The Bertz CT molecular complexity index is 712. The van der Waals surface area contributed by atoms with Gasteiger partial charge in [0.25, 0.3) is 5.69 Å². The van der Waals surface area contributed by atoms with Crippen molar-refractivity contribution in [3.8, 4) is 0 Å². The maximum Gasteiger partial charge on any atom is 0.279 e. The molecule has 1 aliphatic rings. The van der Waals surface area contributed by atoms with Gasteiger partial charge >= 0.3 is 0 Å². The number of benzene rings is 2. The highest BCUT2D eigenvalue weighted by Gasteiger charge is 2.23. The molecule has 2 aromatic rings. The van der Waals surface area contributed by atoms with Crippen LogP contribution in [0.25, 0.3) is 10.8 Å². The van der Waals surface area contributed by atoms with Crippen LogP contribution in [0.5, 0.6) is 0 Å². The molecule has 1 amide bonds. The van der Waals surface area contributed by atoms with Gasteiger partial charge < -0.3 is 5.32 Å². The summed E-state index contributed by atoms with van der Waals surface area (Å²) in [5.41, 5.74) is 2.79. The van der Waals surface area contributed by atoms with Gasteiger partial charge in [-0.25, -0.2) is 0 Å². The van der Waals surface area contributed by atoms with Gasteiger partial charge in [0.2, 0.25) is 5.91 Å². The molecule has 0 saturated carbocycles. The first-order valence-electron chi connectivity index (χ1n) is 6.07. The van der Waals surface area contributed by atoms with E-state index in [9.17, 15) is 14.9 Å². The van der Waals surface area contributed by atoms with E-state index in [-0.39, 0.29) is 11.6 Å². The third-order valence-electron chi connectivity index (χ3n) is 3.48. The number of carbonyl (C=O) groups excluding carboxylic acids is 1. The lowest BCUT2D eigenvalue weighted by Gasteiger charge is -2.09. The molecule has 0 atom stereocenters. The number of non-ortho nitro benzene ring substituents is 1. The van der Waals surface area contributed by atoms with Crippen LogP contribution in [0.2, 0.25) is 0 Å². The van der Waals surface area contributed by atoms with Crippen molar-refractivity contribution < 1.29 is 9.72 Å². The van der Waals surface area contributed by atoms with Crippen molar-refractivity contribution >= 4 is 28.1 Å². The highest BCUT2D eigenvalue weighted by Crippen LogP contribution is 2.40. The fourth-order valence-corrected chi connectivity index (χ4v) is 2.76. The van der Waals surface area contributed by atoms with Crippen molar-refractivity contribution in [2.24, 2.45) is 0 Å². The molecule has 0 radical (unpaired) electrons. The van der Waals surface area contributed by atoms with Crippen LogP contribution in [-0.4, -0.2) is 10.8 Å². The molecule has 0 bridgehead atoms. The molecular weight excluding hydrogens is 244 g/mol. The second-order valence-electron chi connectivity index (χ2n) is 4.70. The Labute approximate surface area is 109 Å². The van der Waals surface area contributed by atoms with E-state index >= 15 is 0 Å². The van der Waals surface area contributed by atoms with Crippen molar-refractivity contribution in [2.45, 2.75) is 19.8 Å². The molecule has 0 fully saturated rings. The summed E-state index contributed by atoms with van der Waals surface area (Å²) in [7, 11) is 0. The van der Waals surface area contributed by atoms with E-state index in [0.717, 1.165) is 29.4 Å². The topological polar surface area (TPSA) is 72.2 Å². The van der Waals surface area contributed by atoms with Crippen molar-refractivity contribution in [1.29, 1.82) is 0 Å². The molecule has 3 rings (SSSR count). The third kappa shape index (κ3) is 1.74. The quantitative estimate of drug-likeness (QED) is 0.663. The lowest BCUT2D eigenvalue weighted by atomic mass is 10.0. The number of nitrogens with zero attached hydrogens (tertiary/aromatic N) is 1. The number of nitrogens with one attached hydrogen (secondary N) is 1. The van der Waals surface area contributed by atoms with Crippen LogP contribution in [-0.2, 0) is 17.6 Å². The summed E-state index contributed by atoms with van der Waals surface area (Å²) >= 11 is 0. The van der Waals surface area contributed by atoms with Crippen LogP contribution in [0.3, 0.4) is 0 Å². The zero-order chi connectivity index (χ0) is 13.6. The molecule has 0 aliphatic heterocycles. The predicted molar refractivity (Wildman–Crippen MR) is 72.3 cm³/mol. The predicted octanol–water partition coefficient (Wildman–Crippen LogP) is 2.81. The van der Waals surface area contributed by atoms with E-state index < -0.39 is 4.92 Å². The van der Waals surface area contributed by atoms with Gasteiger partial charge in [-0.1, -0.05) is 12.1 Å². The van der Waals surface area contributed by atoms with Gasteiger partial charge in [-0.15, -0.1) is 0 Å². The monoisotopic (exact) mass is 256 g/mol. The Morgan fingerprint density at radius 3 is 2.37 bits per heavy atom. The number of carbonyl (C=O) groups is 1. The minimum atomic E-state index is -0.396. The summed E-state index contributed by atoms with van der Waals surface area (Å²) in [6.45, 7) is 1.40. The van der Waals surface area contributed by atoms with Crippen LogP contribution >= 0.6 is 0 Å². The number of hydrogen-bond donors (Lipinski definition) is 1. The fourth-order valence-electron chi connectivity index (χ4n) is 2.76. The number of nitro groups is 1. The molecule has 5 heteroatoms. The molecule has 96 valence electrons. The molecule has 0 spiro atoms. The van der Waals surface area contributed by atoms with Gasteiger partial charge in [-0.2, -0.15) is 0 Å². The van der Waals surface area contributed by atoms with Crippen LogP contribution < -0.4 is 5.32 Å². The number of amides is 1. The molecule has 1 aliphatic carbocycles. The van der Waals surface area contributed by atoms with Crippen LogP contribution in [0.4, 0.5) is 11.4 Å². The molecular formula is C14H12N2O3. The average molecular weight is 256 g/mol. The molecule has 1 N–H and O–H groups in total. The highest BCUT2D eigenvalue weighted by atomic mass is 16.6. The average Bonchev–Trinajstić information content (AvgIpc) is 2.76. The summed E-state index contributed by atoms with van der Waals surface area (Å²) in [6.07, 6.45) is 1.79. The zero-order valence-corrected chi connectivity index (χ0v) is 10.4. The minimum Gasteiger partial charge on any atom is -0.326 e. The van der Waals surface area contributed by atoms with E-state index in [1.165, 1.54) is 13.0 Å². The minimum absolute atomic E-state index is 0.0475. The zero-order valence-electron chi connectivity index (χ0n) is 10.4. The largest absolute Gasteiger partial charge is 0.326 e. The standard InChI is InChI=1S/C14H12N2O3/c1-8(17)15-11-6-4-9-2-3-10-5-7-12(16(18)19)14(11)13(9)10/h4-7H,2-3H2,1H3,(H,15,17). The number of nitro benzene ring substituents is 1. The molecule has 0 heterocycles. The molecule has 19 heavy (non-hydrogen) atoms. The van der Waals surface area contributed by atoms with Gasteiger partial charge in [-0.3, -0.25) is 14.9 Å². The maximum absolute atomic E-state index is 11.2. The first-order valence-corrected chi connectivity index (χ1v) is 6.07. The summed E-state index contributed by atoms with van der Waals surface area (Å²) in [5.74, 6) is -0.229. The maximum atomic E-state index is 11.2. The van der Waals surface area contributed by atoms with Gasteiger partial charge in [0.1, 0.15) is 0 Å². The van der Waals surface area contributed by atoms with Crippen molar-refractivity contribution in [3.63, 3.8) is 0 Å². The van der Waals surface area contributed by atoms with E-state index in [4.69, 9.17) is 0 Å². The Balaban J connectivity index is 2.39. The number of rotatable bonds is 2. The first-order chi connectivity index (χ1) is 9.08. The molecule has 0 unspecified atom stereocenters. The highest BCUT2D eigenvalue weighted by molar-refractivity contribution is 6.09. The number of hydrogen-bond acceptors (Lipinski definition) is 3. The number of anilines is 1. The lowest BCUT2D eigenvalue weighted by molar-refractivity contribution is -0.383. The second kappa shape index (κ2) is 4.05. The normalized spacial score (nSPS) is 12.7. The van der Waals surface area contributed by atoms with Crippen LogP contribution in [0, 0.1) is 10.1 Å². The van der Waals surface area contributed by atoms with Gasteiger partial charge in [0.15, 0.2) is 0 Å².